The van der Waals surface area contributed by atoms with Gasteiger partial charge in [-0.25, -0.2) is 0 Å². The molecule has 0 saturated carbocycles. The molecule has 0 aliphatic carbocycles. The second-order valence-electron chi connectivity index (χ2n) is 9.03. The lowest BCUT2D eigenvalue weighted by molar-refractivity contribution is -0.132. The van der Waals surface area contributed by atoms with Gasteiger partial charge in [-0.1, -0.05) is 45.9 Å². The maximum Gasteiger partial charge on any atom is 0.271 e. The molecule has 2 heterocycles. The first kappa shape index (κ1) is 20.4. The maximum absolute atomic E-state index is 13.4. The molecule has 0 spiro atoms. The molecule has 0 fully saturated rings. The minimum atomic E-state index is -0.891. The van der Waals surface area contributed by atoms with Gasteiger partial charge in [-0.2, -0.15) is 0 Å². The Morgan fingerprint density at radius 1 is 1.14 bits per heavy atom. The van der Waals surface area contributed by atoms with E-state index in [1.54, 1.807) is 4.90 Å². The van der Waals surface area contributed by atoms with Crippen LogP contribution >= 0.6 is 0 Å². The third-order valence-corrected chi connectivity index (χ3v) is 5.76. The Hall–Kier alpha value is -2.30. The maximum atomic E-state index is 13.4. The lowest BCUT2D eigenvalue weighted by Crippen LogP contribution is -2.64. The van der Waals surface area contributed by atoms with E-state index in [9.17, 15) is 9.59 Å². The minimum Gasteiger partial charge on any atom is -0.354 e. The molecule has 0 unspecified atom stereocenters. The number of carbonyl (C=O) groups is 2. The summed E-state index contributed by atoms with van der Waals surface area (Å²) in [5, 5.41) is 4.13. The van der Waals surface area contributed by atoms with E-state index in [1.165, 1.54) is 0 Å². The molecular formula is C23H33N3O2. The number of fused-ring (bicyclic) bond motifs is 3. The van der Waals surface area contributed by atoms with Crippen LogP contribution in [0.1, 0.15) is 57.9 Å². The number of nitrogens with zero attached hydrogens (tertiary/aromatic N) is 2. The van der Waals surface area contributed by atoms with Gasteiger partial charge in [0.15, 0.2) is 0 Å². The van der Waals surface area contributed by atoms with Crippen LogP contribution < -0.4 is 5.32 Å². The molecule has 0 bridgehead atoms. The SMILES string of the molecule is CC(C)CCNC(=O)[C@@]1(C)Cn2c(cc3ccccc32)C(=O)N1CCC(C)C. The molecule has 1 N–H and O–H groups in total. The molecular weight excluding hydrogens is 350 g/mol. The number of rotatable bonds is 7. The van der Waals surface area contributed by atoms with Crippen molar-refractivity contribution in [2.24, 2.45) is 11.8 Å². The summed E-state index contributed by atoms with van der Waals surface area (Å²) in [6.45, 7) is 12.2. The van der Waals surface area contributed by atoms with Crippen LogP contribution in [0.5, 0.6) is 0 Å². The Bertz CT molecular complexity index is 868. The monoisotopic (exact) mass is 383 g/mol. The summed E-state index contributed by atoms with van der Waals surface area (Å²) in [7, 11) is 0. The molecule has 152 valence electrons. The molecule has 2 aromatic rings. The Labute approximate surface area is 168 Å². The third-order valence-electron chi connectivity index (χ3n) is 5.76. The highest BCUT2D eigenvalue weighted by atomic mass is 16.2. The van der Waals surface area contributed by atoms with Crippen LogP contribution in [-0.4, -0.2) is 39.9 Å². The molecule has 1 aliphatic heterocycles. The third kappa shape index (κ3) is 3.80. The number of para-hydroxylation sites is 1. The quantitative estimate of drug-likeness (QED) is 0.784. The van der Waals surface area contributed by atoms with Crippen molar-refractivity contribution in [3.63, 3.8) is 0 Å². The number of hydrogen-bond donors (Lipinski definition) is 1. The molecule has 2 amide bonds. The number of amides is 2. The van der Waals surface area contributed by atoms with Crippen molar-refractivity contribution in [2.75, 3.05) is 13.1 Å². The van der Waals surface area contributed by atoms with Gasteiger partial charge in [0, 0.05) is 24.0 Å². The van der Waals surface area contributed by atoms with Crippen LogP contribution in [0.25, 0.3) is 10.9 Å². The molecule has 3 rings (SSSR count). The van der Waals surface area contributed by atoms with Crippen LogP contribution in [0.3, 0.4) is 0 Å². The van der Waals surface area contributed by atoms with Crippen molar-refractivity contribution in [2.45, 2.75) is 59.5 Å². The molecule has 28 heavy (non-hydrogen) atoms. The molecule has 5 heteroatoms. The summed E-state index contributed by atoms with van der Waals surface area (Å²) in [5.41, 5.74) is 0.797. The lowest BCUT2D eigenvalue weighted by Gasteiger charge is -2.44. The van der Waals surface area contributed by atoms with E-state index in [0.717, 1.165) is 23.7 Å². The van der Waals surface area contributed by atoms with Crippen LogP contribution in [0.4, 0.5) is 0 Å². The van der Waals surface area contributed by atoms with Gasteiger partial charge in [0.2, 0.25) is 5.91 Å². The topological polar surface area (TPSA) is 54.3 Å². The zero-order valence-corrected chi connectivity index (χ0v) is 17.8. The van der Waals surface area contributed by atoms with Crippen LogP contribution in [0.2, 0.25) is 0 Å². The van der Waals surface area contributed by atoms with E-state index < -0.39 is 5.54 Å². The van der Waals surface area contributed by atoms with E-state index >= 15 is 0 Å². The Morgan fingerprint density at radius 2 is 1.82 bits per heavy atom. The summed E-state index contributed by atoms with van der Waals surface area (Å²) in [4.78, 5) is 28.5. The van der Waals surface area contributed by atoms with Gasteiger partial charge in [-0.3, -0.25) is 9.59 Å². The van der Waals surface area contributed by atoms with E-state index in [4.69, 9.17) is 0 Å². The number of benzene rings is 1. The second kappa shape index (κ2) is 7.98. The second-order valence-corrected chi connectivity index (χ2v) is 9.03. The normalized spacial score (nSPS) is 19.5. The molecule has 1 atom stereocenters. The Kier molecular flexibility index (Phi) is 5.82. The van der Waals surface area contributed by atoms with E-state index in [2.05, 4.69) is 33.0 Å². The molecule has 1 aromatic heterocycles. The van der Waals surface area contributed by atoms with Gasteiger partial charge in [0.25, 0.3) is 5.91 Å². The molecule has 5 nitrogen and oxygen atoms in total. The van der Waals surface area contributed by atoms with Crippen molar-refractivity contribution >= 4 is 22.7 Å². The van der Waals surface area contributed by atoms with Crippen molar-refractivity contribution in [3.8, 4) is 0 Å². The van der Waals surface area contributed by atoms with E-state index in [-0.39, 0.29) is 11.8 Å². The fraction of sp³-hybridized carbons (Fsp3) is 0.565. The lowest BCUT2D eigenvalue weighted by atomic mass is 9.93. The zero-order valence-electron chi connectivity index (χ0n) is 17.8. The van der Waals surface area contributed by atoms with Gasteiger partial charge in [0.05, 0.1) is 6.54 Å². The summed E-state index contributed by atoms with van der Waals surface area (Å²) in [5.74, 6) is 0.880. The predicted octanol–water partition coefficient (Wildman–Crippen LogP) is 4.06. The molecule has 1 aliphatic rings. The first-order chi connectivity index (χ1) is 13.2. The number of hydrogen-bond acceptors (Lipinski definition) is 2. The highest BCUT2D eigenvalue weighted by Crippen LogP contribution is 2.32. The fourth-order valence-corrected chi connectivity index (χ4v) is 3.91. The van der Waals surface area contributed by atoms with Crippen molar-refractivity contribution in [1.82, 2.24) is 14.8 Å². The Morgan fingerprint density at radius 3 is 2.50 bits per heavy atom. The predicted molar refractivity (Wildman–Crippen MR) is 113 cm³/mol. The Balaban J connectivity index is 1.97. The first-order valence-corrected chi connectivity index (χ1v) is 10.4. The number of nitrogens with one attached hydrogen (secondary N) is 1. The molecule has 1 aromatic carbocycles. The number of carbonyl (C=O) groups excluding carboxylic acids is 2. The molecule has 0 radical (unpaired) electrons. The molecule has 0 saturated heterocycles. The summed E-state index contributed by atoms with van der Waals surface area (Å²) in [6, 6.07) is 9.95. The highest BCUT2D eigenvalue weighted by molar-refractivity contribution is 6.03. The van der Waals surface area contributed by atoms with Crippen molar-refractivity contribution < 1.29 is 9.59 Å². The van der Waals surface area contributed by atoms with Crippen molar-refractivity contribution in [1.29, 1.82) is 0 Å². The summed E-state index contributed by atoms with van der Waals surface area (Å²) < 4.78 is 2.02. The standard InChI is InChI=1S/C23H33N3O2/c1-16(2)10-12-24-22(28)23(5)15-25-19-9-7-6-8-18(19)14-20(25)21(27)26(23)13-11-17(3)4/h6-9,14,16-17H,10-13,15H2,1-5H3,(H,24,28)/t23-/m1/s1. The van der Waals surface area contributed by atoms with Gasteiger partial charge in [-0.15, -0.1) is 0 Å². The van der Waals surface area contributed by atoms with Gasteiger partial charge in [-0.05, 0) is 43.7 Å². The van der Waals surface area contributed by atoms with E-state index in [1.807, 2.05) is 41.8 Å². The van der Waals surface area contributed by atoms with Crippen LogP contribution in [0, 0.1) is 11.8 Å². The van der Waals surface area contributed by atoms with E-state index in [0.29, 0.717) is 37.2 Å². The summed E-state index contributed by atoms with van der Waals surface area (Å²) in [6.07, 6.45) is 1.81. The van der Waals surface area contributed by atoms with Crippen LogP contribution in [0.15, 0.2) is 30.3 Å². The fourth-order valence-electron chi connectivity index (χ4n) is 3.91. The zero-order chi connectivity index (χ0) is 20.5. The van der Waals surface area contributed by atoms with Gasteiger partial charge < -0.3 is 14.8 Å². The smallest absolute Gasteiger partial charge is 0.271 e. The van der Waals surface area contributed by atoms with Gasteiger partial charge in [0.1, 0.15) is 11.2 Å². The minimum absolute atomic E-state index is 0.0513. The first-order valence-electron chi connectivity index (χ1n) is 10.4. The summed E-state index contributed by atoms with van der Waals surface area (Å²) >= 11 is 0. The largest absolute Gasteiger partial charge is 0.354 e. The van der Waals surface area contributed by atoms with Crippen LogP contribution in [-0.2, 0) is 11.3 Å². The highest BCUT2D eigenvalue weighted by Gasteiger charge is 2.47. The van der Waals surface area contributed by atoms with Crippen molar-refractivity contribution in [3.05, 3.63) is 36.0 Å². The number of aromatic nitrogens is 1. The average Bonchev–Trinajstić information content (AvgIpc) is 2.99. The average molecular weight is 384 g/mol. The van der Waals surface area contributed by atoms with Gasteiger partial charge >= 0.3 is 0 Å².